The molecule has 9 heteroatoms. The highest BCUT2D eigenvalue weighted by Gasteiger charge is 2.41. The van der Waals surface area contributed by atoms with Gasteiger partial charge in [0.1, 0.15) is 10.5 Å². The number of thioether (sulfide) groups is 3. The number of hydrogen-bond donors (Lipinski definition) is 2. The number of carbonyl (C=O) groups excluding carboxylic acids is 4. The van der Waals surface area contributed by atoms with Crippen LogP contribution >= 0.6 is 35.3 Å². The van der Waals surface area contributed by atoms with E-state index in [-0.39, 0.29) is 34.1 Å². The Morgan fingerprint density at radius 2 is 1.09 bits per heavy atom. The summed E-state index contributed by atoms with van der Waals surface area (Å²) in [5, 5.41) is 4.39. The Balaban J connectivity index is 0.000000379. The Hall–Kier alpha value is -0.930. The lowest BCUT2D eigenvalue weighted by Gasteiger charge is -2.14. The zero-order valence-electron chi connectivity index (χ0n) is 21.7. The van der Waals surface area contributed by atoms with Crippen molar-refractivity contribution in [1.29, 1.82) is 0 Å². The number of amides is 4. The average Bonchev–Trinajstić information content (AvgIpc) is 3.29. The van der Waals surface area contributed by atoms with Gasteiger partial charge < -0.3 is 0 Å². The molecule has 0 aromatic heterocycles. The maximum atomic E-state index is 11.9. The molecule has 4 amide bonds. The van der Waals surface area contributed by atoms with Crippen LogP contribution in [0.3, 0.4) is 0 Å². The molecule has 0 aromatic rings. The maximum Gasteiger partial charge on any atom is 0.264 e. The van der Waals surface area contributed by atoms with Gasteiger partial charge in [-0.1, -0.05) is 78.6 Å². The van der Waals surface area contributed by atoms with Gasteiger partial charge >= 0.3 is 0 Å². The van der Waals surface area contributed by atoms with Crippen LogP contribution in [-0.4, -0.2) is 51.4 Å². The fourth-order valence-electron chi connectivity index (χ4n) is 3.56. The second kappa shape index (κ2) is 20.2. The van der Waals surface area contributed by atoms with Crippen molar-refractivity contribution in [3.05, 3.63) is 11.0 Å². The van der Waals surface area contributed by atoms with E-state index in [9.17, 15) is 19.2 Å². The van der Waals surface area contributed by atoms with E-state index in [1.807, 2.05) is 0 Å². The lowest BCUT2D eigenvalue weighted by molar-refractivity contribution is -0.125. The maximum absolute atomic E-state index is 11.9. The van der Waals surface area contributed by atoms with Crippen LogP contribution in [0.2, 0.25) is 0 Å². The van der Waals surface area contributed by atoms with Crippen molar-refractivity contribution < 1.29 is 19.2 Å². The monoisotopic (exact) mass is 544 g/mol. The topological polar surface area (TPSA) is 92.3 Å². The Morgan fingerprint density at radius 1 is 0.629 bits per heavy atom. The van der Waals surface area contributed by atoms with Crippen LogP contribution in [0.15, 0.2) is 11.0 Å². The molecule has 2 heterocycles. The van der Waals surface area contributed by atoms with Gasteiger partial charge in [-0.05, 0) is 36.5 Å². The second-order valence-corrected chi connectivity index (χ2v) is 12.4. The van der Waals surface area contributed by atoms with Gasteiger partial charge in [0.05, 0.1) is 4.91 Å². The predicted molar refractivity (Wildman–Crippen MR) is 152 cm³/mol. The second-order valence-electron chi connectivity index (χ2n) is 8.79. The Kier molecular flexibility index (Phi) is 18.5. The van der Waals surface area contributed by atoms with Gasteiger partial charge in [-0.15, -0.1) is 35.3 Å². The van der Waals surface area contributed by atoms with Crippen LogP contribution in [-0.2, 0) is 19.2 Å². The smallest absolute Gasteiger partial charge is 0.264 e. The summed E-state index contributed by atoms with van der Waals surface area (Å²) in [5.74, 6) is 2.21. The molecule has 2 aliphatic heterocycles. The SMILES string of the molecule is CCCCCCSC1=CC(=O)NC1=O.CCCCCCSC1C(=O)NC(=O)C1SCCCCCC. The average molecular weight is 545 g/mol. The van der Waals surface area contributed by atoms with E-state index in [1.165, 1.54) is 75.6 Å². The van der Waals surface area contributed by atoms with Crippen molar-refractivity contribution in [3.8, 4) is 0 Å². The van der Waals surface area contributed by atoms with Gasteiger partial charge in [0, 0.05) is 6.08 Å². The Morgan fingerprint density at radius 3 is 1.49 bits per heavy atom. The summed E-state index contributed by atoms with van der Waals surface area (Å²) < 4.78 is 0. The van der Waals surface area contributed by atoms with Crippen LogP contribution in [0, 0.1) is 0 Å². The van der Waals surface area contributed by atoms with Crippen LogP contribution < -0.4 is 10.6 Å². The first kappa shape index (κ1) is 32.1. The van der Waals surface area contributed by atoms with Gasteiger partial charge in [0.25, 0.3) is 11.8 Å². The lowest BCUT2D eigenvalue weighted by atomic mass is 10.2. The molecule has 2 aliphatic rings. The molecule has 2 N–H and O–H groups in total. The van der Waals surface area contributed by atoms with Crippen molar-refractivity contribution in [1.82, 2.24) is 10.6 Å². The van der Waals surface area contributed by atoms with Crippen molar-refractivity contribution in [2.75, 3.05) is 17.3 Å². The highest BCUT2D eigenvalue weighted by atomic mass is 32.2. The number of imide groups is 2. The van der Waals surface area contributed by atoms with E-state index in [2.05, 4.69) is 31.4 Å². The number of unbranched alkanes of at least 4 members (excludes halogenated alkanes) is 9. The van der Waals surface area contributed by atoms with Crippen LogP contribution in [0.1, 0.15) is 97.8 Å². The minimum atomic E-state index is -0.286. The quantitative estimate of drug-likeness (QED) is 0.165. The lowest BCUT2D eigenvalue weighted by Crippen LogP contribution is -2.24. The fourth-order valence-corrected chi connectivity index (χ4v) is 7.23. The molecule has 2 atom stereocenters. The van der Waals surface area contributed by atoms with Gasteiger partial charge in [0.15, 0.2) is 0 Å². The number of nitrogens with one attached hydrogen (secondary N) is 2. The number of carbonyl (C=O) groups is 4. The standard InChI is InChI=1S/C16H29NO2S2.C10H15NO2S/c1-3-5-7-9-11-20-13-14(16(19)17-15(13)18)21-12-10-8-6-4-2;1-2-3-4-5-6-14-8-7-9(12)11-10(8)13/h13-14H,3-12H2,1-2H3,(H,17,18,19);7H,2-6H2,1H3,(H,11,12,13). The zero-order valence-corrected chi connectivity index (χ0v) is 24.1. The zero-order chi connectivity index (χ0) is 25.9. The molecule has 35 heavy (non-hydrogen) atoms. The summed E-state index contributed by atoms with van der Waals surface area (Å²) in [6, 6.07) is 0. The van der Waals surface area contributed by atoms with Gasteiger partial charge in [-0.3, -0.25) is 29.8 Å². The molecule has 1 fully saturated rings. The van der Waals surface area contributed by atoms with Gasteiger partial charge in [0.2, 0.25) is 11.8 Å². The predicted octanol–water partition coefficient (Wildman–Crippen LogP) is 5.85. The highest BCUT2D eigenvalue weighted by molar-refractivity contribution is 8.05. The van der Waals surface area contributed by atoms with Crippen molar-refractivity contribution >= 4 is 58.9 Å². The van der Waals surface area contributed by atoms with Crippen LogP contribution in [0.25, 0.3) is 0 Å². The molecule has 6 nitrogen and oxygen atoms in total. The van der Waals surface area contributed by atoms with Crippen molar-refractivity contribution in [2.24, 2.45) is 0 Å². The molecule has 0 spiro atoms. The minimum Gasteiger partial charge on any atom is -0.294 e. The summed E-state index contributed by atoms with van der Waals surface area (Å²) in [4.78, 5) is 46.2. The molecule has 0 saturated carbocycles. The molecule has 1 saturated heterocycles. The molecule has 0 aromatic carbocycles. The summed E-state index contributed by atoms with van der Waals surface area (Å²) in [6.07, 6.45) is 15.8. The normalized spacial score (nSPS) is 19.3. The minimum absolute atomic E-state index is 0.0773. The van der Waals surface area contributed by atoms with Gasteiger partial charge in [-0.25, -0.2) is 0 Å². The Bertz CT molecular complexity index is 670. The van der Waals surface area contributed by atoms with E-state index in [0.717, 1.165) is 36.5 Å². The first-order valence-electron chi connectivity index (χ1n) is 13.2. The van der Waals surface area contributed by atoms with Crippen LogP contribution in [0.5, 0.6) is 0 Å². The van der Waals surface area contributed by atoms with Crippen LogP contribution in [0.4, 0.5) is 0 Å². The van der Waals surface area contributed by atoms with Gasteiger partial charge in [-0.2, -0.15) is 0 Å². The molecule has 200 valence electrons. The third-order valence-electron chi connectivity index (χ3n) is 5.61. The van der Waals surface area contributed by atoms with E-state index in [1.54, 1.807) is 23.5 Å². The largest absolute Gasteiger partial charge is 0.294 e. The van der Waals surface area contributed by atoms with E-state index >= 15 is 0 Å². The van der Waals surface area contributed by atoms with E-state index in [0.29, 0.717) is 4.91 Å². The third-order valence-corrected chi connectivity index (χ3v) is 9.63. The first-order chi connectivity index (χ1) is 16.9. The van der Waals surface area contributed by atoms with Crippen molar-refractivity contribution in [2.45, 2.75) is 108 Å². The molecule has 2 rings (SSSR count). The van der Waals surface area contributed by atoms with E-state index in [4.69, 9.17) is 0 Å². The summed E-state index contributed by atoms with van der Waals surface area (Å²) in [7, 11) is 0. The molecular weight excluding hydrogens is 500 g/mol. The number of rotatable bonds is 18. The highest BCUT2D eigenvalue weighted by Crippen LogP contribution is 2.30. The fraction of sp³-hybridized carbons (Fsp3) is 0.769. The van der Waals surface area contributed by atoms with E-state index < -0.39 is 0 Å². The summed E-state index contributed by atoms with van der Waals surface area (Å²) in [6.45, 7) is 6.56. The first-order valence-corrected chi connectivity index (χ1v) is 16.3. The van der Waals surface area contributed by atoms with Crippen molar-refractivity contribution in [3.63, 3.8) is 0 Å². The molecule has 0 aliphatic carbocycles. The molecular formula is C26H44N2O4S3. The molecule has 0 bridgehead atoms. The molecule has 2 unspecified atom stereocenters. The third kappa shape index (κ3) is 13.8. The Labute approximate surface area is 224 Å². The number of hydrogen-bond acceptors (Lipinski definition) is 7. The molecule has 0 radical (unpaired) electrons. The summed E-state index contributed by atoms with van der Waals surface area (Å²) in [5.41, 5.74) is 0. The summed E-state index contributed by atoms with van der Waals surface area (Å²) >= 11 is 4.81.